The molecule has 0 bridgehead atoms. The van der Waals surface area contributed by atoms with E-state index in [0.717, 1.165) is 21.1 Å². The van der Waals surface area contributed by atoms with Gasteiger partial charge in [-0.2, -0.15) is 0 Å². The van der Waals surface area contributed by atoms with Crippen molar-refractivity contribution in [2.45, 2.75) is 6.92 Å². The molecule has 3 aromatic rings. The molecule has 0 aliphatic carbocycles. The fourth-order valence-electron chi connectivity index (χ4n) is 2.20. The zero-order chi connectivity index (χ0) is 14.8. The highest BCUT2D eigenvalue weighted by atomic mass is 79.9. The second-order valence-electron chi connectivity index (χ2n) is 4.82. The van der Waals surface area contributed by atoms with Crippen molar-refractivity contribution in [3.63, 3.8) is 0 Å². The van der Waals surface area contributed by atoms with Crippen LogP contribution in [0, 0.1) is 6.92 Å². The molecule has 1 heterocycles. The van der Waals surface area contributed by atoms with Crippen LogP contribution in [0.15, 0.2) is 59.2 Å². The molecular formula is C17H13BrN2O. The average Bonchev–Trinajstić information content (AvgIpc) is 2.49. The average molecular weight is 341 g/mol. The van der Waals surface area contributed by atoms with Gasteiger partial charge in [0.15, 0.2) is 0 Å². The molecule has 0 aliphatic heterocycles. The Hall–Kier alpha value is -2.20. The third-order valence-corrected chi connectivity index (χ3v) is 3.91. The van der Waals surface area contributed by atoms with Crippen molar-refractivity contribution in [3.8, 4) is 0 Å². The molecule has 0 aliphatic rings. The third kappa shape index (κ3) is 2.81. The van der Waals surface area contributed by atoms with E-state index >= 15 is 0 Å². The number of pyridine rings is 1. The normalized spacial score (nSPS) is 10.6. The molecule has 1 amide bonds. The van der Waals surface area contributed by atoms with Crippen LogP contribution in [0.2, 0.25) is 0 Å². The first kappa shape index (κ1) is 13.8. The Morgan fingerprint density at radius 1 is 1.14 bits per heavy atom. The topological polar surface area (TPSA) is 42.0 Å². The van der Waals surface area contributed by atoms with Crippen LogP contribution >= 0.6 is 15.9 Å². The Balaban J connectivity index is 1.97. The first-order valence-corrected chi connectivity index (χ1v) is 7.36. The van der Waals surface area contributed by atoms with Gasteiger partial charge in [-0.3, -0.25) is 9.78 Å². The lowest BCUT2D eigenvalue weighted by atomic mass is 10.1. The number of fused-ring (bicyclic) bond motifs is 1. The molecular weight excluding hydrogens is 328 g/mol. The Bertz CT molecular complexity index is 825. The SMILES string of the molecule is Cc1ccc(NC(=O)c2cccc3cccnc23)c(Br)c1. The summed E-state index contributed by atoms with van der Waals surface area (Å²) in [5, 5.41) is 3.87. The van der Waals surface area contributed by atoms with Crippen molar-refractivity contribution >= 4 is 38.4 Å². The number of amides is 1. The Kier molecular flexibility index (Phi) is 3.71. The third-order valence-electron chi connectivity index (χ3n) is 3.25. The highest BCUT2D eigenvalue weighted by Crippen LogP contribution is 2.25. The maximum atomic E-state index is 12.5. The van der Waals surface area contributed by atoms with E-state index < -0.39 is 0 Å². The summed E-state index contributed by atoms with van der Waals surface area (Å²) in [6.07, 6.45) is 1.70. The van der Waals surface area contributed by atoms with Gasteiger partial charge < -0.3 is 5.32 Å². The molecule has 3 rings (SSSR count). The van der Waals surface area contributed by atoms with Crippen LogP contribution in [0.1, 0.15) is 15.9 Å². The fourth-order valence-corrected chi connectivity index (χ4v) is 2.79. The first-order chi connectivity index (χ1) is 10.1. The number of aromatic nitrogens is 1. The predicted octanol–water partition coefficient (Wildman–Crippen LogP) is 4.56. The molecule has 21 heavy (non-hydrogen) atoms. The van der Waals surface area contributed by atoms with Gasteiger partial charge in [0.05, 0.1) is 16.8 Å². The second kappa shape index (κ2) is 5.66. The van der Waals surface area contributed by atoms with Crippen LogP contribution in [0.4, 0.5) is 5.69 Å². The molecule has 2 aromatic carbocycles. The summed E-state index contributed by atoms with van der Waals surface area (Å²) in [4.78, 5) is 16.8. The highest BCUT2D eigenvalue weighted by molar-refractivity contribution is 9.10. The Morgan fingerprint density at radius 3 is 2.76 bits per heavy atom. The molecule has 0 fully saturated rings. The maximum Gasteiger partial charge on any atom is 0.257 e. The van der Waals surface area contributed by atoms with E-state index in [9.17, 15) is 4.79 Å². The predicted molar refractivity (Wildman–Crippen MR) is 88.6 cm³/mol. The molecule has 4 heteroatoms. The zero-order valence-electron chi connectivity index (χ0n) is 11.4. The summed E-state index contributed by atoms with van der Waals surface area (Å²) in [6, 6.07) is 15.2. The standard InChI is InChI=1S/C17H13BrN2O/c1-11-7-8-15(14(18)10-11)20-17(21)13-6-2-4-12-5-3-9-19-16(12)13/h2-10H,1H3,(H,20,21). The van der Waals surface area contributed by atoms with Crippen molar-refractivity contribution in [1.82, 2.24) is 4.98 Å². The van der Waals surface area contributed by atoms with Crippen molar-refractivity contribution in [1.29, 1.82) is 0 Å². The number of nitrogens with zero attached hydrogens (tertiary/aromatic N) is 1. The van der Waals surface area contributed by atoms with Crippen LogP contribution in [0.5, 0.6) is 0 Å². The molecule has 1 N–H and O–H groups in total. The number of hydrogen-bond acceptors (Lipinski definition) is 2. The minimum Gasteiger partial charge on any atom is -0.321 e. The molecule has 0 saturated carbocycles. The molecule has 0 saturated heterocycles. The lowest BCUT2D eigenvalue weighted by Crippen LogP contribution is -2.13. The van der Waals surface area contributed by atoms with Crippen LogP contribution in [0.25, 0.3) is 10.9 Å². The van der Waals surface area contributed by atoms with Crippen LogP contribution in [0.3, 0.4) is 0 Å². The largest absolute Gasteiger partial charge is 0.321 e. The fraction of sp³-hybridized carbons (Fsp3) is 0.0588. The number of carbonyl (C=O) groups is 1. The van der Waals surface area contributed by atoms with Crippen molar-refractivity contribution in [2.24, 2.45) is 0 Å². The Morgan fingerprint density at radius 2 is 1.95 bits per heavy atom. The molecule has 0 atom stereocenters. The number of para-hydroxylation sites is 1. The quantitative estimate of drug-likeness (QED) is 0.743. The number of carbonyl (C=O) groups excluding carboxylic acids is 1. The number of nitrogens with one attached hydrogen (secondary N) is 1. The van der Waals surface area contributed by atoms with Gasteiger partial charge >= 0.3 is 0 Å². The summed E-state index contributed by atoms with van der Waals surface area (Å²) in [5.74, 6) is -0.163. The van der Waals surface area contributed by atoms with Gasteiger partial charge in [-0.05, 0) is 52.7 Å². The van der Waals surface area contributed by atoms with Crippen LogP contribution < -0.4 is 5.32 Å². The van der Waals surface area contributed by atoms with E-state index in [1.165, 1.54) is 0 Å². The van der Waals surface area contributed by atoms with Gasteiger partial charge in [-0.1, -0.05) is 24.3 Å². The summed E-state index contributed by atoms with van der Waals surface area (Å²) in [5.41, 5.74) is 3.16. The molecule has 0 unspecified atom stereocenters. The van der Waals surface area contributed by atoms with E-state index in [0.29, 0.717) is 11.1 Å². The van der Waals surface area contributed by atoms with E-state index in [-0.39, 0.29) is 5.91 Å². The minimum absolute atomic E-state index is 0.163. The first-order valence-electron chi connectivity index (χ1n) is 6.56. The number of hydrogen-bond donors (Lipinski definition) is 1. The molecule has 1 aromatic heterocycles. The van der Waals surface area contributed by atoms with Gasteiger partial charge in [0.25, 0.3) is 5.91 Å². The van der Waals surface area contributed by atoms with Crippen LogP contribution in [-0.2, 0) is 0 Å². The Labute approximate surface area is 131 Å². The number of halogens is 1. The lowest BCUT2D eigenvalue weighted by molar-refractivity contribution is 0.102. The molecule has 0 radical (unpaired) electrons. The second-order valence-corrected chi connectivity index (χ2v) is 5.67. The zero-order valence-corrected chi connectivity index (χ0v) is 13.0. The summed E-state index contributed by atoms with van der Waals surface area (Å²) < 4.78 is 0.865. The van der Waals surface area contributed by atoms with E-state index in [1.807, 2.05) is 49.4 Å². The van der Waals surface area contributed by atoms with Gasteiger partial charge in [0.1, 0.15) is 0 Å². The van der Waals surface area contributed by atoms with Gasteiger partial charge in [0.2, 0.25) is 0 Å². The lowest BCUT2D eigenvalue weighted by Gasteiger charge is -2.09. The van der Waals surface area contributed by atoms with Crippen molar-refractivity contribution in [3.05, 3.63) is 70.3 Å². The van der Waals surface area contributed by atoms with E-state index in [2.05, 4.69) is 26.2 Å². The number of rotatable bonds is 2. The summed E-state index contributed by atoms with van der Waals surface area (Å²) in [7, 11) is 0. The van der Waals surface area contributed by atoms with Gasteiger partial charge in [-0.25, -0.2) is 0 Å². The maximum absolute atomic E-state index is 12.5. The van der Waals surface area contributed by atoms with Gasteiger partial charge in [0, 0.05) is 16.1 Å². The molecule has 104 valence electrons. The summed E-state index contributed by atoms with van der Waals surface area (Å²) >= 11 is 3.47. The summed E-state index contributed by atoms with van der Waals surface area (Å²) in [6.45, 7) is 2.00. The number of benzene rings is 2. The van der Waals surface area contributed by atoms with Crippen molar-refractivity contribution < 1.29 is 4.79 Å². The van der Waals surface area contributed by atoms with E-state index in [4.69, 9.17) is 0 Å². The van der Waals surface area contributed by atoms with Crippen LogP contribution in [-0.4, -0.2) is 10.9 Å². The number of anilines is 1. The smallest absolute Gasteiger partial charge is 0.257 e. The van der Waals surface area contributed by atoms with Gasteiger partial charge in [-0.15, -0.1) is 0 Å². The minimum atomic E-state index is -0.163. The van der Waals surface area contributed by atoms with Crippen molar-refractivity contribution in [2.75, 3.05) is 5.32 Å². The monoisotopic (exact) mass is 340 g/mol. The van der Waals surface area contributed by atoms with E-state index in [1.54, 1.807) is 12.3 Å². The highest BCUT2D eigenvalue weighted by Gasteiger charge is 2.12. The number of aryl methyl sites for hydroxylation is 1. The molecule has 3 nitrogen and oxygen atoms in total. The molecule has 0 spiro atoms.